The number of para-hydroxylation sites is 1. The Balaban J connectivity index is 1.44. The maximum absolute atomic E-state index is 12.6. The molecular weight excluding hydrogens is 330 g/mol. The van der Waals surface area contributed by atoms with Gasteiger partial charge in [0.05, 0.1) is 6.54 Å². The van der Waals surface area contributed by atoms with Gasteiger partial charge in [-0.25, -0.2) is 0 Å². The summed E-state index contributed by atoms with van der Waals surface area (Å²) in [6.45, 7) is 6.74. The number of rotatable bonds is 5. The first-order valence-electron chi connectivity index (χ1n) is 9.64. The van der Waals surface area contributed by atoms with Crippen molar-refractivity contribution in [1.29, 1.82) is 0 Å². The maximum Gasteiger partial charge on any atom is 0.238 e. The largest absolute Gasteiger partial charge is 0.381 e. The third-order valence-electron chi connectivity index (χ3n) is 5.29. The summed E-state index contributed by atoms with van der Waals surface area (Å²) in [4.78, 5) is 29.0. The van der Waals surface area contributed by atoms with Gasteiger partial charge in [0, 0.05) is 51.0 Å². The standard InChI is InChI=1S/C20H29N3O3/c1-2-16-5-3-4-6-18(16)21-19(24)15-22-9-11-23(12-10-22)20(25)17-7-13-26-14-8-17/h3-6,17H,2,7-15H2,1H3,(H,21,24). The molecule has 0 spiro atoms. The Hall–Kier alpha value is -1.92. The maximum atomic E-state index is 12.6. The topological polar surface area (TPSA) is 61.9 Å². The number of amides is 2. The van der Waals surface area contributed by atoms with Crippen molar-refractivity contribution < 1.29 is 14.3 Å². The van der Waals surface area contributed by atoms with Gasteiger partial charge < -0.3 is 15.0 Å². The predicted molar refractivity (Wildman–Crippen MR) is 101 cm³/mol. The number of carbonyl (C=O) groups excluding carboxylic acids is 2. The molecule has 1 aromatic rings. The van der Waals surface area contributed by atoms with Crippen LogP contribution in [0.2, 0.25) is 0 Å². The molecule has 1 aromatic carbocycles. The second-order valence-electron chi connectivity index (χ2n) is 7.05. The Labute approximate surface area is 155 Å². The summed E-state index contributed by atoms with van der Waals surface area (Å²) in [5.41, 5.74) is 2.04. The first-order valence-corrected chi connectivity index (χ1v) is 9.64. The van der Waals surface area contributed by atoms with Crippen molar-refractivity contribution in [2.45, 2.75) is 26.2 Å². The Morgan fingerprint density at radius 2 is 1.81 bits per heavy atom. The minimum atomic E-state index is 0.00936. The molecular formula is C20H29N3O3. The number of anilines is 1. The molecule has 1 N–H and O–H groups in total. The first kappa shape index (κ1) is 18.9. The van der Waals surface area contributed by atoms with Crippen molar-refractivity contribution in [3.8, 4) is 0 Å². The number of hydrogen-bond acceptors (Lipinski definition) is 4. The Morgan fingerprint density at radius 1 is 1.12 bits per heavy atom. The van der Waals surface area contributed by atoms with Gasteiger partial charge in [-0.15, -0.1) is 0 Å². The highest BCUT2D eigenvalue weighted by molar-refractivity contribution is 5.93. The van der Waals surface area contributed by atoms with Crippen LogP contribution in [0.5, 0.6) is 0 Å². The summed E-state index contributed by atoms with van der Waals surface area (Å²) in [5, 5.41) is 3.02. The zero-order chi connectivity index (χ0) is 18.4. The molecule has 2 saturated heterocycles. The Morgan fingerprint density at radius 3 is 2.50 bits per heavy atom. The van der Waals surface area contributed by atoms with Gasteiger partial charge in [-0.05, 0) is 30.9 Å². The molecule has 0 atom stereocenters. The molecule has 0 saturated carbocycles. The fourth-order valence-electron chi connectivity index (χ4n) is 3.67. The highest BCUT2D eigenvalue weighted by Crippen LogP contribution is 2.19. The minimum absolute atomic E-state index is 0.00936. The van der Waals surface area contributed by atoms with Crippen molar-refractivity contribution in [3.05, 3.63) is 29.8 Å². The molecule has 2 fully saturated rings. The van der Waals surface area contributed by atoms with Crippen LogP contribution in [0.15, 0.2) is 24.3 Å². The van der Waals surface area contributed by atoms with Crippen LogP contribution in [-0.2, 0) is 20.7 Å². The number of benzene rings is 1. The summed E-state index contributed by atoms with van der Waals surface area (Å²) < 4.78 is 5.34. The Kier molecular flexibility index (Phi) is 6.63. The molecule has 0 aromatic heterocycles. The minimum Gasteiger partial charge on any atom is -0.381 e. The summed E-state index contributed by atoms with van der Waals surface area (Å²) in [5.74, 6) is 0.383. The first-order chi connectivity index (χ1) is 12.7. The van der Waals surface area contributed by atoms with Gasteiger partial charge in [0.1, 0.15) is 0 Å². The molecule has 26 heavy (non-hydrogen) atoms. The average Bonchev–Trinajstić information content (AvgIpc) is 2.69. The lowest BCUT2D eigenvalue weighted by molar-refractivity contribution is -0.140. The lowest BCUT2D eigenvalue weighted by atomic mass is 9.98. The molecule has 2 aliphatic rings. The average molecular weight is 359 g/mol. The van der Waals surface area contributed by atoms with E-state index in [0.717, 1.165) is 43.6 Å². The summed E-state index contributed by atoms with van der Waals surface area (Å²) >= 11 is 0. The molecule has 0 bridgehead atoms. The number of hydrogen-bond donors (Lipinski definition) is 1. The second kappa shape index (κ2) is 9.14. The van der Waals surface area contributed by atoms with E-state index in [1.54, 1.807) is 0 Å². The van der Waals surface area contributed by atoms with E-state index in [0.29, 0.717) is 32.8 Å². The second-order valence-corrected chi connectivity index (χ2v) is 7.05. The number of aryl methyl sites for hydroxylation is 1. The number of nitrogens with zero attached hydrogens (tertiary/aromatic N) is 2. The quantitative estimate of drug-likeness (QED) is 0.870. The van der Waals surface area contributed by atoms with Crippen LogP contribution in [-0.4, -0.2) is 67.6 Å². The molecule has 142 valence electrons. The monoisotopic (exact) mass is 359 g/mol. The van der Waals surface area contributed by atoms with Crippen LogP contribution >= 0.6 is 0 Å². The van der Waals surface area contributed by atoms with Crippen LogP contribution in [0.4, 0.5) is 5.69 Å². The molecule has 6 heteroatoms. The van der Waals surface area contributed by atoms with E-state index in [1.165, 1.54) is 0 Å². The number of carbonyl (C=O) groups is 2. The zero-order valence-electron chi connectivity index (χ0n) is 15.6. The molecule has 6 nitrogen and oxygen atoms in total. The highest BCUT2D eigenvalue weighted by Gasteiger charge is 2.29. The third-order valence-corrected chi connectivity index (χ3v) is 5.29. The van der Waals surface area contributed by atoms with Crippen LogP contribution in [0, 0.1) is 5.92 Å². The van der Waals surface area contributed by atoms with Crippen molar-refractivity contribution in [2.24, 2.45) is 5.92 Å². The molecule has 0 aliphatic carbocycles. The van der Waals surface area contributed by atoms with E-state index in [-0.39, 0.29) is 17.7 Å². The molecule has 0 unspecified atom stereocenters. The van der Waals surface area contributed by atoms with Crippen molar-refractivity contribution in [3.63, 3.8) is 0 Å². The van der Waals surface area contributed by atoms with Gasteiger partial charge >= 0.3 is 0 Å². The van der Waals surface area contributed by atoms with E-state index in [9.17, 15) is 9.59 Å². The van der Waals surface area contributed by atoms with E-state index in [1.807, 2.05) is 29.2 Å². The van der Waals surface area contributed by atoms with E-state index >= 15 is 0 Å². The van der Waals surface area contributed by atoms with Crippen molar-refractivity contribution in [1.82, 2.24) is 9.80 Å². The summed E-state index contributed by atoms with van der Waals surface area (Å²) in [6, 6.07) is 7.91. The van der Waals surface area contributed by atoms with Crippen LogP contribution in [0.3, 0.4) is 0 Å². The predicted octanol–water partition coefficient (Wildman–Crippen LogP) is 1.76. The smallest absolute Gasteiger partial charge is 0.238 e. The number of nitrogens with one attached hydrogen (secondary N) is 1. The van der Waals surface area contributed by atoms with Crippen molar-refractivity contribution in [2.75, 3.05) is 51.3 Å². The molecule has 2 heterocycles. The van der Waals surface area contributed by atoms with Gasteiger partial charge in [0.15, 0.2) is 0 Å². The van der Waals surface area contributed by atoms with E-state index in [4.69, 9.17) is 4.74 Å². The van der Waals surface area contributed by atoms with Gasteiger partial charge in [-0.1, -0.05) is 25.1 Å². The number of ether oxygens (including phenoxy) is 1. The third kappa shape index (κ3) is 4.83. The number of piperazine rings is 1. The van der Waals surface area contributed by atoms with Crippen LogP contribution < -0.4 is 5.32 Å². The fourth-order valence-corrected chi connectivity index (χ4v) is 3.67. The SMILES string of the molecule is CCc1ccccc1NC(=O)CN1CCN(C(=O)C2CCOCC2)CC1. The van der Waals surface area contributed by atoms with Gasteiger partial charge in [0.2, 0.25) is 11.8 Å². The highest BCUT2D eigenvalue weighted by atomic mass is 16.5. The molecule has 2 aliphatic heterocycles. The van der Waals surface area contributed by atoms with Crippen LogP contribution in [0.1, 0.15) is 25.3 Å². The lowest BCUT2D eigenvalue weighted by Crippen LogP contribution is -2.52. The van der Waals surface area contributed by atoms with Crippen LogP contribution in [0.25, 0.3) is 0 Å². The molecule has 2 amide bonds. The summed E-state index contributed by atoms with van der Waals surface area (Å²) in [6.07, 6.45) is 2.56. The normalized spacial score (nSPS) is 19.3. The van der Waals surface area contributed by atoms with Gasteiger partial charge in [0.25, 0.3) is 0 Å². The Bertz CT molecular complexity index is 620. The lowest BCUT2D eigenvalue weighted by Gasteiger charge is -2.36. The van der Waals surface area contributed by atoms with Gasteiger partial charge in [-0.2, -0.15) is 0 Å². The molecule has 3 rings (SSSR count). The van der Waals surface area contributed by atoms with Crippen molar-refractivity contribution >= 4 is 17.5 Å². The summed E-state index contributed by atoms with van der Waals surface area (Å²) in [7, 11) is 0. The van der Waals surface area contributed by atoms with Gasteiger partial charge in [-0.3, -0.25) is 14.5 Å². The zero-order valence-corrected chi connectivity index (χ0v) is 15.6. The van der Waals surface area contributed by atoms with E-state index in [2.05, 4.69) is 17.1 Å². The van der Waals surface area contributed by atoms with E-state index < -0.39 is 0 Å². The fraction of sp³-hybridized carbons (Fsp3) is 0.600. The molecule has 0 radical (unpaired) electrons.